The molecule has 2 aliphatic heterocycles. The third kappa shape index (κ3) is 4.16. The van der Waals surface area contributed by atoms with Gasteiger partial charge < -0.3 is 20.9 Å². The van der Waals surface area contributed by atoms with Crippen molar-refractivity contribution < 1.29 is 18.0 Å². The quantitative estimate of drug-likeness (QED) is 0.599. The van der Waals surface area contributed by atoms with Crippen LogP contribution in [0, 0.1) is 5.92 Å². The standard InChI is InChI=1S/C24H25F3N8O/c1-11(31-23(36)20-15(9-28)22(29-2)35(3)10-30-20)13-7-19(32-17-8-14(13)17)21-33-16-5-4-12(24(25,26)27)6-18(16)34-21/h4-7,9,11,14,17H,8,10,28H2,1-3H3,(H,31,36)(H,33,34)/t11-,14?,17?/m1/s1. The second kappa shape index (κ2) is 8.61. The SMILES string of the molecule is CN=C1C(=CN)C(C(=O)N[C@H](C)C2=CC(c3nc4ccc(C(F)(F)F)cc4[nH]3)=NC3CC23)=NCN1C. The van der Waals surface area contributed by atoms with Gasteiger partial charge in [-0.2, -0.15) is 13.2 Å². The molecule has 9 nitrogen and oxygen atoms in total. The summed E-state index contributed by atoms with van der Waals surface area (Å²) >= 11 is 0. The van der Waals surface area contributed by atoms with Crippen LogP contribution in [0.5, 0.6) is 0 Å². The molecule has 1 fully saturated rings. The number of aromatic amines is 1. The van der Waals surface area contributed by atoms with E-state index in [4.69, 9.17) is 10.7 Å². The van der Waals surface area contributed by atoms with E-state index >= 15 is 0 Å². The molecule has 0 radical (unpaired) electrons. The fraction of sp³-hybridized carbons (Fsp3) is 0.375. The predicted octanol–water partition coefficient (Wildman–Crippen LogP) is 2.42. The normalized spacial score (nSPS) is 24.8. The van der Waals surface area contributed by atoms with E-state index in [-0.39, 0.29) is 41.8 Å². The summed E-state index contributed by atoms with van der Waals surface area (Å²) < 4.78 is 39.3. The van der Waals surface area contributed by atoms with Crippen LogP contribution in [-0.2, 0) is 11.0 Å². The topological polar surface area (TPSA) is 124 Å². The molecule has 5 rings (SSSR count). The molecule has 2 aromatic rings. The molecule has 0 saturated heterocycles. The molecule has 1 aromatic heterocycles. The fourth-order valence-electron chi connectivity index (χ4n) is 4.67. The van der Waals surface area contributed by atoms with Gasteiger partial charge in [0.15, 0.2) is 5.82 Å². The Morgan fingerprint density at radius 1 is 1.39 bits per heavy atom. The van der Waals surface area contributed by atoms with Crippen molar-refractivity contribution >= 4 is 34.2 Å². The van der Waals surface area contributed by atoms with Gasteiger partial charge in [0.1, 0.15) is 23.9 Å². The van der Waals surface area contributed by atoms with Gasteiger partial charge in [0.25, 0.3) is 5.91 Å². The number of nitrogens with zero attached hydrogens (tertiary/aromatic N) is 5. The highest BCUT2D eigenvalue weighted by molar-refractivity contribution is 6.52. The predicted molar refractivity (Wildman–Crippen MR) is 131 cm³/mol. The lowest BCUT2D eigenvalue weighted by atomic mass is 9.98. The highest BCUT2D eigenvalue weighted by atomic mass is 19.4. The van der Waals surface area contributed by atoms with Gasteiger partial charge in [-0.05, 0) is 43.2 Å². The first-order valence-corrected chi connectivity index (χ1v) is 11.4. The summed E-state index contributed by atoms with van der Waals surface area (Å²) in [5.74, 6) is 0.806. The van der Waals surface area contributed by atoms with Crippen molar-refractivity contribution in [1.29, 1.82) is 0 Å². The minimum absolute atomic E-state index is 0.0531. The van der Waals surface area contributed by atoms with E-state index in [0.29, 0.717) is 28.5 Å². The van der Waals surface area contributed by atoms with Crippen LogP contribution in [0.15, 0.2) is 56.6 Å². The van der Waals surface area contributed by atoms with Gasteiger partial charge in [-0.1, -0.05) is 0 Å². The van der Waals surface area contributed by atoms with E-state index in [1.807, 2.05) is 20.0 Å². The Hall–Kier alpha value is -3.96. The molecule has 3 atom stereocenters. The zero-order valence-electron chi connectivity index (χ0n) is 19.9. The minimum Gasteiger partial charge on any atom is -0.404 e. The number of benzene rings is 1. The summed E-state index contributed by atoms with van der Waals surface area (Å²) in [5.41, 5.74) is 7.95. The van der Waals surface area contributed by atoms with Crippen molar-refractivity contribution in [2.45, 2.75) is 31.6 Å². The third-order valence-corrected chi connectivity index (χ3v) is 6.58. The number of amidine groups is 1. The second-order valence-electron chi connectivity index (χ2n) is 9.05. The molecular formula is C24H25F3N8O. The smallest absolute Gasteiger partial charge is 0.404 e. The highest BCUT2D eigenvalue weighted by Crippen LogP contribution is 2.44. The maximum atomic E-state index is 13.1. The van der Waals surface area contributed by atoms with Crippen molar-refractivity contribution in [3.05, 3.63) is 53.0 Å². The number of halogens is 3. The van der Waals surface area contributed by atoms with Crippen molar-refractivity contribution in [3.63, 3.8) is 0 Å². The number of hydrogen-bond donors (Lipinski definition) is 3. The second-order valence-corrected chi connectivity index (χ2v) is 9.05. The molecule has 1 aromatic carbocycles. The monoisotopic (exact) mass is 498 g/mol. The van der Waals surface area contributed by atoms with Gasteiger partial charge in [0.2, 0.25) is 0 Å². The van der Waals surface area contributed by atoms with E-state index in [2.05, 4.69) is 25.3 Å². The summed E-state index contributed by atoms with van der Waals surface area (Å²) in [6.45, 7) is 2.17. The molecule has 2 unspecified atom stereocenters. The van der Waals surface area contributed by atoms with Crippen LogP contribution in [0.1, 0.15) is 24.7 Å². The van der Waals surface area contributed by atoms with Crippen LogP contribution in [-0.4, -0.2) is 70.9 Å². The van der Waals surface area contributed by atoms with Gasteiger partial charge in [-0.15, -0.1) is 0 Å². The molecular weight excluding hydrogens is 473 g/mol. The Morgan fingerprint density at radius 3 is 2.86 bits per heavy atom. The van der Waals surface area contributed by atoms with Crippen LogP contribution in [0.3, 0.4) is 0 Å². The van der Waals surface area contributed by atoms with Crippen molar-refractivity contribution in [2.24, 2.45) is 26.6 Å². The first kappa shape index (κ1) is 23.8. The lowest BCUT2D eigenvalue weighted by Crippen LogP contribution is -2.46. The van der Waals surface area contributed by atoms with Crippen LogP contribution in [0.4, 0.5) is 13.2 Å². The first-order chi connectivity index (χ1) is 17.1. The van der Waals surface area contributed by atoms with Gasteiger partial charge in [0, 0.05) is 32.3 Å². The maximum Gasteiger partial charge on any atom is 0.416 e. The van der Waals surface area contributed by atoms with Gasteiger partial charge in [0.05, 0.1) is 28.2 Å². The number of aromatic nitrogens is 2. The first-order valence-electron chi connectivity index (χ1n) is 11.4. The summed E-state index contributed by atoms with van der Waals surface area (Å²) in [7, 11) is 3.44. The summed E-state index contributed by atoms with van der Waals surface area (Å²) in [6, 6.07) is 3.12. The number of nitrogens with two attached hydrogens (primary N) is 1. The van der Waals surface area contributed by atoms with E-state index in [0.717, 1.165) is 24.1 Å². The molecule has 12 heteroatoms. The van der Waals surface area contributed by atoms with Crippen LogP contribution in [0.2, 0.25) is 0 Å². The number of dihydropyridines is 1. The number of H-pyrrole nitrogens is 1. The molecule has 188 valence electrons. The van der Waals surface area contributed by atoms with Gasteiger partial charge in [-0.3, -0.25) is 19.8 Å². The maximum absolute atomic E-state index is 13.1. The number of carbonyl (C=O) groups excluding carboxylic acids is 1. The average molecular weight is 499 g/mol. The fourth-order valence-corrected chi connectivity index (χ4v) is 4.67. The number of fused-ring (bicyclic) bond motifs is 2. The Labute approximate surface area is 204 Å². The van der Waals surface area contributed by atoms with Gasteiger partial charge in [-0.25, -0.2) is 4.98 Å². The lowest BCUT2D eigenvalue weighted by Gasteiger charge is -2.27. The average Bonchev–Trinajstić information content (AvgIpc) is 3.50. The molecule has 3 aliphatic rings. The summed E-state index contributed by atoms with van der Waals surface area (Å²) in [6.07, 6.45) is -0.421. The van der Waals surface area contributed by atoms with Crippen molar-refractivity contribution in [3.8, 4) is 0 Å². The number of amides is 1. The number of aliphatic imine (C=N–C) groups is 3. The molecule has 0 bridgehead atoms. The number of likely N-dealkylation sites (N-methyl/N-ethyl adjacent to an activating group) is 1. The van der Waals surface area contributed by atoms with Crippen molar-refractivity contribution in [1.82, 2.24) is 20.2 Å². The number of alkyl halides is 3. The van der Waals surface area contributed by atoms with Gasteiger partial charge >= 0.3 is 6.18 Å². The number of hydrogen-bond acceptors (Lipinski definition) is 6. The Bertz CT molecular complexity index is 1400. The molecule has 4 N–H and O–H groups in total. The number of allylic oxidation sites excluding steroid dienone is 1. The lowest BCUT2D eigenvalue weighted by molar-refractivity contribution is -0.137. The van der Waals surface area contributed by atoms with E-state index < -0.39 is 11.7 Å². The van der Waals surface area contributed by atoms with E-state index in [1.165, 1.54) is 12.3 Å². The molecule has 1 saturated carbocycles. The molecule has 0 spiro atoms. The Morgan fingerprint density at radius 2 is 2.17 bits per heavy atom. The third-order valence-electron chi connectivity index (χ3n) is 6.58. The summed E-state index contributed by atoms with van der Waals surface area (Å²) in [5, 5.41) is 3.00. The minimum atomic E-state index is -4.44. The number of rotatable bonds is 4. The van der Waals surface area contributed by atoms with E-state index in [9.17, 15) is 18.0 Å². The Balaban J connectivity index is 1.38. The summed E-state index contributed by atoms with van der Waals surface area (Å²) in [4.78, 5) is 35.6. The number of nitrogens with one attached hydrogen (secondary N) is 2. The number of carbonyl (C=O) groups is 1. The molecule has 1 amide bonds. The van der Waals surface area contributed by atoms with E-state index in [1.54, 1.807) is 11.9 Å². The van der Waals surface area contributed by atoms with Crippen LogP contribution < -0.4 is 11.1 Å². The molecule has 36 heavy (non-hydrogen) atoms. The van der Waals surface area contributed by atoms with Crippen LogP contribution >= 0.6 is 0 Å². The Kier molecular flexibility index (Phi) is 5.68. The van der Waals surface area contributed by atoms with Crippen LogP contribution in [0.25, 0.3) is 11.0 Å². The zero-order chi connectivity index (χ0) is 25.8. The number of imidazole rings is 1. The highest BCUT2D eigenvalue weighted by Gasteiger charge is 2.45. The molecule has 1 aliphatic carbocycles. The van der Waals surface area contributed by atoms with Crippen molar-refractivity contribution in [2.75, 3.05) is 20.8 Å². The largest absolute Gasteiger partial charge is 0.416 e. The zero-order valence-corrected chi connectivity index (χ0v) is 19.9. The molecule has 3 heterocycles.